The van der Waals surface area contributed by atoms with Crippen LogP contribution in [-0.2, 0) is 9.59 Å². The maximum atomic E-state index is 12.2. The number of halogens is 1. The van der Waals surface area contributed by atoms with Crippen LogP contribution in [0.5, 0.6) is 0 Å². The number of hydrogen-bond acceptors (Lipinski definition) is 4. The van der Waals surface area contributed by atoms with Crippen molar-refractivity contribution in [1.29, 1.82) is 0 Å². The average molecular weight is 398 g/mol. The van der Waals surface area contributed by atoms with Crippen molar-refractivity contribution in [3.63, 3.8) is 0 Å². The Morgan fingerprint density at radius 2 is 2.00 bits per heavy atom. The summed E-state index contributed by atoms with van der Waals surface area (Å²) in [6.45, 7) is 2.10. The van der Waals surface area contributed by atoms with Crippen molar-refractivity contribution in [2.24, 2.45) is 0 Å². The van der Waals surface area contributed by atoms with E-state index in [1.165, 1.54) is 0 Å². The van der Waals surface area contributed by atoms with E-state index in [1.54, 1.807) is 0 Å². The van der Waals surface area contributed by atoms with E-state index in [4.69, 9.17) is 5.11 Å². The van der Waals surface area contributed by atoms with Gasteiger partial charge in [-0.25, -0.2) is 0 Å². The van der Waals surface area contributed by atoms with Gasteiger partial charge in [-0.3, -0.25) is 19.4 Å². The molecule has 7 heteroatoms. The lowest BCUT2D eigenvalue weighted by Gasteiger charge is -2.25. The van der Waals surface area contributed by atoms with Crippen molar-refractivity contribution < 1.29 is 14.7 Å². The van der Waals surface area contributed by atoms with Gasteiger partial charge in [0.15, 0.2) is 0 Å². The van der Waals surface area contributed by atoms with Crippen LogP contribution < -0.4 is 5.32 Å². The molecule has 1 atom stereocenters. The number of carbonyl (C=O) groups is 2. The fourth-order valence-corrected chi connectivity index (χ4v) is 3.28. The zero-order chi connectivity index (χ0) is 17.5. The van der Waals surface area contributed by atoms with E-state index >= 15 is 0 Å². The number of carboxylic acid groups (broad SMARTS) is 1. The SMILES string of the molecule is CN(CC(=O)O)C1CCCN(CC(=O)Nc2ccc(Br)cc2)CC1. The summed E-state index contributed by atoms with van der Waals surface area (Å²) in [4.78, 5) is 27.1. The highest BCUT2D eigenvalue weighted by molar-refractivity contribution is 9.10. The van der Waals surface area contributed by atoms with Crippen LogP contribution in [0.15, 0.2) is 28.7 Å². The molecule has 2 rings (SSSR count). The van der Waals surface area contributed by atoms with E-state index in [0.29, 0.717) is 6.54 Å². The zero-order valence-electron chi connectivity index (χ0n) is 13.9. The van der Waals surface area contributed by atoms with Gasteiger partial charge in [-0.1, -0.05) is 15.9 Å². The maximum Gasteiger partial charge on any atom is 0.317 e. The van der Waals surface area contributed by atoms with Crippen LogP contribution in [0.3, 0.4) is 0 Å². The Morgan fingerprint density at radius 3 is 2.67 bits per heavy atom. The van der Waals surface area contributed by atoms with Gasteiger partial charge >= 0.3 is 5.97 Å². The number of nitrogens with one attached hydrogen (secondary N) is 1. The molecule has 6 nitrogen and oxygen atoms in total. The van der Waals surface area contributed by atoms with Crippen LogP contribution in [0.1, 0.15) is 19.3 Å². The van der Waals surface area contributed by atoms with Crippen molar-refractivity contribution in [2.45, 2.75) is 25.3 Å². The van der Waals surface area contributed by atoms with Crippen molar-refractivity contribution in [1.82, 2.24) is 9.80 Å². The lowest BCUT2D eigenvalue weighted by Crippen LogP contribution is -2.37. The molecule has 1 amide bonds. The number of likely N-dealkylation sites (N-methyl/N-ethyl adjacent to an activating group) is 1. The molecule has 2 N–H and O–H groups in total. The molecule has 0 bridgehead atoms. The van der Waals surface area contributed by atoms with Gasteiger partial charge in [-0.2, -0.15) is 0 Å². The van der Waals surface area contributed by atoms with Gasteiger partial charge < -0.3 is 10.4 Å². The highest BCUT2D eigenvalue weighted by atomic mass is 79.9. The number of anilines is 1. The Labute approximate surface area is 150 Å². The highest BCUT2D eigenvalue weighted by Gasteiger charge is 2.22. The smallest absolute Gasteiger partial charge is 0.317 e. The summed E-state index contributed by atoms with van der Waals surface area (Å²) in [5.41, 5.74) is 0.789. The Hall–Kier alpha value is -1.44. The standard InChI is InChI=1S/C17H24BrN3O3/c1-20(12-17(23)24)15-3-2-9-21(10-8-15)11-16(22)19-14-6-4-13(18)5-7-14/h4-7,15H,2-3,8-12H2,1H3,(H,19,22)(H,23,24). The number of hydrogen-bond donors (Lipinski definition) is 2. The molecule has 0 aliphatic carbocycles. The number of benzene rings is 1. The second-order valence-corrected chi connectivity index (χ2v) is 7.14. The molecule has 1 saturated heterocycles. The highest BCUT2D eigenvalue weighted by Crippen LogP contribution is 2.17. The number of amides is 1. The van der Waals surface area contributed by atoms with Crippen LogP contribution in [0.2, 0.25) is 0 Å². The maximum absolute atomic E-state index is 12.2. The minimum atomic E-state index is -0.799. The predicted molar refractivity (Wildman–Crippen MR) is 97.1 cm³/mol. The first-order valence-electron chi connectivity index (χ1n) is 8.14. The number of likely N-dealkylation sites (tertiary alicyclic amines) is 1. The molecule has 1 aliphatic rings. The molecule has 132 valence electrons. The molecule has 1 aliphatic heterocycles. The van der Waals surface area contributed by atoms with Crippen LogP contribution in [0.4, 0.5) is 5.69 Å². The molecule has 0 radical (unpaired) electrons. The normalized spacial score (nSPS) is 19.0. The Bertz CT molecular complexity index is 565. The largest absolute Gasteiger partial charge is 0.480 e. The first-order chi connectivity index (χ1) is 11.4. The van der Waals surface area contributed by atoms with Crippen LogP contribution in [-0.4, -0.2) is 66.1 Å². The summed E-state index contributed by atoms with van der Waals surface area (Å²) in [5, 5.41) is 11.8. The summed E-state index contributed by atoms with van der Waals surface area (Å²) >= 11 is 3.37. The number of nitrogens with zero attached hydrogens (tertiary/aromatic N) is 2. The van der Waals surface area contributed by atoms with Crippen LogP contribution in [0, 0.1) is 0 Å². The first-order valence-corrected chi connectivity index (χ1v) is 8.93. The molecule has 1 fully saturated rings. The number of aliphatic carboxylic acids is 1. The second kappa shape index (κ2) is 9.15. The van der Waals surface area contributed by atoms with Crippen molar-refractivity contribution in [2.75, 3.05) is 38.5 Å². The first kappa shape index (κ1) is 18.9. The molecule has 0 saturated carbocycles. The van der Waals surface area contributed by atoms with Crippen molar-refractivity contribution >= 4 is 33.5 Å². The van der Waals surface area contributed by atoms with Gasteiger partial charge in [0.2, 0.25) is 5.91 Å². The monoisotopic (exact) mass is 397 g/mol. The number of carbonyl (C=O) groups excluding carboxylic acids is 1. The van der Waals surface area contributed by atoms with Crippen molar-refractivity contribution in [3.05, 3.63) is 28.7 Å². The van der Waals surface area contributed by atoms with E-state index < -0.39 is 5.97 Å². The summed E-state index contributed by atoms with van der Waals surface area (Å²) in [6.07, 6.45) is 2.82. The van der Waals surface area contributed by atoms with Crippen LogP contribution >= 0.6 is 15.9 Å². The van der Waals surface area contributed by atoms with E-state index in [1.807, 2.05) is 36.2 Å². The number of rotatable bonds is 6. The summed E-state index contributed by atoms with van der Waals surface area (Å²) in [7, 11) is 1.86. The van der Waals surface area contributed by atoms with Gasteiger partial charge in [-0.05, 0) is 57.1 Å². The lowest BCUT2D eigenvalue weighted by atomic mass is 10.1. The van der Waals surface area contributed by atoms with Gasteiger partial charge in [-0.15, -0.1) is 0 Å². The van der Waals surface area contributed by atoms with E-state index in [9.17, 15) is 9.59 Å². The molecule has 24 heavy (non-hydrogen) atoms. The molecule has 0 aromatic heterocycles. The second-order valence-electron chi connectivity index (χ2n) is 6.22. The van der Waals surface area contributed by atoms with Gasteiger partial charge in [0, 0.05) is 22.7 Å². The van der Waals surface area contributed by atoms with Gasteiger partial charge in [0.25, 0.3) is 0 Å². The molecular weight excluding hydrogens is 374 g/mol. The van der Waals surface area contributed by atoms with E-state index in [-0.39, 0.29) is 18.5 Å². The summed E-state index contributed by atoms with van der Waals surface area (Å²) in [6, 6.07) is 7.78. The zero-order valence-corrected chi connectivity index (χ0v) is 15.5. The minimum Gasteiger partial charge on any atom is -0.480 e. The lowest BCUT2D eigenvalue weighted by molar-refractivity contribution is -0.138. The Morgan fingerprint density at radius 1 is 1.29 bits per heavy atom. The molecule has 1 unspecified atom stereocenters. The minimum absolute atomic E-state index is 0.0188. The van der Waals surface area contributed by atoms with Gasteiger partial charge in [0.05, 0.1) is 13.1 Å². The quantitative estimate of drug-likeness (QED) is 0.769. The molecule has 1 aromatic rings. The van der Waals surface area contributed by atoms with E-state index in [2.05, 4.69) is 26.1 Å². The third-order valence-corrected chi connectivity index (χ3v) is 4.82. The van der Waals surface area contributed by atoms with Crippen molar-refractivity contribution in [3.8, 4) is 0 Å². The number of carboxylic acids is 1. The Kier molecular flexibility index (Phi) is 7.20. The summed E-state index contributed by atoms with van der Waals surface area (Å²) < 4.78 is 0.976. The molecular formula is C17H24BrN3O3. The predicted octanol–water partition coefficient (Wildman–Crippen LogP) is 2.26. The fourth-order valence-electron chi connectivity index (χ4n) is 3.02. The molecule has 0 spiro atoms. The van der Waals surface area contributed by atoms with E-state index in [0.717, 1.165) is 42.5 Å². The average Bonchev–Trinajstić information content (AvgIpc) is 2.74. The third-order valence-electron chi connectivity index (χ3n) is 4.29. The fraction of sp³-hybridized carbons (Fsp3) is 0.529. The summed E-state index contributed by atoms with van der Waals surface area (Å²) in [5.74, 6) is -0.817. The molecule has 1 aromatic carbocycles. The Balaban J connectivity index is 1.80. The third kappa shape index (κ3) is 6.22. The molecule has 1 heterocycles. The topological polar surface area (TPSA) is 72.9 Å². The van der Waals surface area contributed by atoms with Gasteiger partial charge in [0.1, 0.15) is 0 Å². The van der Waals surface area contributed by atoms with Crippen LogP contribution in [0.25, 0.3) is 0 Å².